The number of hydrogen-bond acceptors (Lipinski definition) is 5. The number of nitro benzene ring substituents is 1. The van der Waals surface area contributed by atoms with Crippen LogP contribution in [0.5, 0.6) is 0 Å². The Morgan fingerprint density at radius 2 is 2.24 bits per heavy atom. The van der Waals surface area contributed by atoms with Crippen molar-refractivity contribution in [1.29, 1.82) is 0 Å². The molecule has 6 heteroatoms. The first-order chi connectivity index (χ1) is 8.27. The molecule has 6 nitrogen and oxygen atoms in total. The first-order valence-corrected chi connectivity index (χ1v) is 4.83. The lowest BCUT2D eigenvalue weighted by Gasteiger charge is -2.05. The largest absolute Gasteiger partial charge is 0.445 e. The van der Waals surface area contributed by atoms with Gasteiger partial charge in [-0.2, -0.15) is 0 Å². The topological polar surface area (TPSA) is 76.8 Å². The molecule has 0 aromatic heterocycles. The average Bonchev–Trinajstić information content (AvgIpc) is 2.38. The van der Waals surface area contributed by atoms with Gasteiger partial charge in [0.1, 0.15) is 5.69 Å². The van der Waals surface area contributed by atoms with Crippen LogP contribution in [-0.4, -0.2) is 11.1 Å². The Balaban J connectivity index is 2.16. The number of allylic oxidation sites excluding steroid dienone is 1. The van der Waals surface area contributed by atoms with Crippen LogP contribution < -0.4 is 5.32 Å². The number of benzene rings is 1. The van der Waals surface area contributed by atoms with Gasteiger partial charge in [-0.25, -0.2) is 4.99 Å². The van der Waals surface area contributed by atoms with Crippen molar-refractivity contribution in [2.75, 3.05) is 5.32 Å². The van der Waals surface area contributed by atoms with E-state index in [2.05, 4.69) is 10.3 Å². The molecule has 1 aliphatic rings. The van der Waals surface area contributed by atoms with Crippen LogP contribution in [0.1, 0.15) is 0 Å². The van der Waals surface area contributed by atoms with Crippen LogP contribution >= 0.6 is 0 Å². The summed E-state index contributed by atoms with van der Waals surface area (Å²) in [6, 6.07) is 6.34. The zero-order valence-electron chi connectivity index (χ0n) is 8.74. The summed E-state index contributed by atoms with van der Waals surface area (Å²) in [7, 11) is 0. The minimum atomic E-state index is -0.453. The van der Waals surface area contributed by atoms with Crippen LogP contribution in [0.25, 0.3) is 0 Å². The highest BCUT2D eigenvalue weighted by Gasteiger charge is 2.11. The van der Waals surface area contributed by atoms with Crippen molar-refractivity contribution in [1.82, 2.24) is 0 Å². The van der Waals surface area contributed by atoms with Crippen LogP contribution in [-0.2, 0) is 4.74 Å². The molecule has 2 rings (SSSR count). The molecule has 0 spiro atoms. The van der Waals surface area contributed by atoms with E-state index in [0.29, 0.717) is 11.6 Å². The summed E-state index contributed by atoms with van der Waals surface area (Å²) in [5, 5.41) is 13.5. The maximum absolute atomic E-state index is 10.7. The molecule has 0 saturated carbocycles. The number of nitrogens with one attached hydrogen (secondary N) is 1. The molecule has 0 saturated heterocycles. The van der Waals surface area contributed by atoms with Gasteiger partial charge in [0, 0.05) is 12.3 Å². The predicted molar refractivity (Wildman–Crippen MR) is 63.5 cm³/mol. The molecule has 1 aliphatic heterocycles. The first kappa shape index (κ1) is 10.9. The summed E-state index contributed by atoms with van der Waals surface area (Å²) in [5.41, 5.74) is 0.387. The molecule has 1 N–H and O–H groups in total. The van der Waals surface area contributed by atoms with Crippen molar-refractivity contribution in [3.05, 3.63) is 58.8 Å². The number of nitro groups is 1. The van der Waals surface area contributed by atoms with Gasteiger partial charge < -0.3 is 10.1 Å². The van der Waals surface area contributed by atoms with Gasteiger partial charge in [-0.15, -0.1) is 0 Å². The highest BCUT2D eigenvalue weighted by Crippen LogP contribution is 2.23. The molecular weight excluding hydrogens is 222 g/mol. The Morgan fingerprint density at radius 3 is 2.94 bits per heavy atom. The van der Waals surface area contributed by atoms with E-state index < -0.39 is 4.92 Å². The Hall–Kier alpha value is -2.63. The lowest BCUT2D eigenvalue weighted by atomic mass is 10.3. The molecule has 0 unspecified atom stereocenters. The van der Waals surface area contributed by atoms with Gasteiger partial charge in [-0.3, -0.25) is 10.1 Å². The van der Waals surface area contributed by atoms with Crippen molar-refractivity contribution in [2.24, 2.45) is 4.99 Å². The van der Waals surface area contributed by atoms with E-state index in [1.807, 2.05) is 0 Å². The molecule has 0 fully saturated rings. The molecule has 1 heterocycles. The van der Waals surface area contributed by atoms with E-state index in [-0.39, 0.29) is 5.69 Å². The smallest absolute Gasteiger partial charge is 0.292 e. The maximum Gasteiger partial charge on any atom is 0.292 e. The Labute approximate surface area is 97.1 Å². The monoisotopic (exact) mass is 231 g/mol. The second kappa shape index (κ2) is 4.93. The van der Waals surface area contributed by atoms with Crippen molar-refractivity contribution in [3.8, 4) is 0 Å². The van der Waals surface area contributed by atoms with Crippen molar-refractivity contribution in [3.63, 3.8) is 0 Å². The van der Waals surface area contributed by atoms with E-state index in [9.17, 15) is 10.1 Å². The molecule has 17 heavy (non-hydrogen) atoms. The molecule has 0 amide bonds. The summed E-state index contributed by atoms with van der Waals surface area (Å²) >= 11 is 0. The highest BCUT2D eigenvalue weighted by molar-refractivity contribution is 5.72. The number of rotatable bonds is 3. The summed E-state index contributed by atoms with van der Waals surface area (Å²) in [4.78, 5) is 14.2. The molecular formula is C11H9N3O3. The number of nitrogens with zero attached hydrogens (tertiary/aromatic N) is 2. The summed E-state index contributed by atoms with van der Waals surface area (Å²) in [5.74, 6) is 0.339. The third-order valence-electron chi connectivity index (χ3n) is 2.01. The van der Waals surface area contributed by atoms with Crippen molar-refractivity contribution >= 4 is 17.6 Å². The average molecular weight is 231 g/mol. The maximum atomic E-state index is 10.7. The van der Waals surface area contributed by atoms with E-state index in [4.69, 9.17) is 4.74 Å². The van der Waals surface area contributed by atoms with Gasteiger partial charge >= 0.3 is 0 Å². The lowest BCUT2D eigenvalue weighted by Crippen LogP contribution is -1.98. The van der Waals surface area contributed by atoms with Gasteiger partial charge in [-0.1, -0.05) is 12.1 Å². The number of aliphatic imine (C=N–C) groups is 1. The fourth-order valence-electron chi connectivity index (χ4n) is 1.26. The number of anilines is 1. The molecule has 1 aromatic rings. The Bertz CT molecular complexity index is 520. The number of ether oxygens (including phenoxy) is 1. The Kier molecular flexibility index (Phi) is 3.15. The van der Waals surface area contributed by atoms with E-state index >= 15 is 0 Å². The van der Waals surface area contributed by atoms with Crippen LogP contribution in [0, 0.1) is 10.1 Å². The first-order valence-electron chi connectivity index (χ1n) is 4.83. The summed E-state index contributed by atoms with van der Waals surface area (Å²) < 4.78 is 5.05. The highest BCUT2D eigenvalue weighted by atomic mass is 16.6. The van der Waals surface area contributed by atoms with Crippen LogP contribution in [0.2, 0.25) is 0 Å². The molecule has 0 aliphatic carbocycles. The minimum absolute atomic E-state index is 0.000295. The van der Waals surface area contributed by atoms with Crippen LogP contribution in [0.15, 0.2) is 53.7 Å². The van der Waals surface area contributed by atoms with Crippen LogP contribution in [0.3, 0.4) is 0 Å². The lowest BCUT2D eigenvalue weighted by molar-refractivity contribution is -0.383. The second-order valence-corrected chi connectivity index (χ2v) is 3.13. The zero-order valence-corrected chi connectivity index (χ0v) is 8.74. The quantitative estimate of drug-likeness (QED) is 0.640. The van der Waals surface area contributed by atoms with E-state index in [1.54, 1.807) is 30.5 Å². The predicted octanol–water partition coefficient (Wildman–Crippen LogP) is 2.42. The summed E-state index contributed by atoms with van der Waals surface area (Å²) in [6.45, 7) is 0. The molecule has 0 radical (unpaired) electrons. The normalized spacial score (nSPS) is 15.6. The van der Waals surface area contributed by atoms with Gasteiger partial charge in [-0.05, 0) is 12.1 Å². The molecule has 0 atom stereocenters. The van der Waals surface area contributed by atoms with Gasteiger partial charge in [0.15, 0.2) is 0 Å². The molecule has 1 aromatic carbocycles. The zero-order chi connectivity index (χ0) is 12.1. The fraction of sp³-hybridized carbons (Fsp3) is 0. The van der Waals surface area contributed by atoms with E-state index in [0.717, 1.165) is 0 Å². The molecule has 86 valence electrons. The number of hydrogen-bond donors (Lipinski definition) is 1. The van der Waals surface area contributed by atoms with Crippen molar-refractivity contribution in [2.45, 2.75) is 0 Å². The van der Waals surface area contributed by atoms with E-state index in [1.165, 1.54) is 18.5 Å². The standard InChI is InChI=1S/C11H9N3O3/c15-14(16)10-5-2-1-4-9(10)13-8-11-12-6-3-7-17-11/h1-8,13H/b11-8+. The second-order valence-electron chi connectivity index (χ2n) is 3.13. The van der Waals surface area contributed by atoms with Gasteiger partial charge in [0.25, 0.3) is 5.69 Å². The molecule has 0 bridgehead atoms. The van der Waals surface area contributed by atoms with Gasteiger partial charge in [0.05, 0.1) is 17.4 Å². The summed E-state index contributed by atoms with van der Waals surface area (Å²) in [6.07, 6.45) is 6.14. The SMILES string of the molecule is O=[N+]([O-])c1ccccc1N/C=C1\N=CC=CO1. The van der Waals surface area contributed by atoms with Crippen molar-refractivity contribution < 1.29 is 9.66 Å². The number of para-hydroxylation sites is 2. The van der Waals surface area contributed by atoms with Gasteiger partial charge in [0.2, 0.25) is 5.88 Å². The fourth-order valence-corrected chi connectivity index (χ4v) is 1.26. The third-order valence-corrected chi connectivity index (χ3v) is 2.01. The minimum Gasteiger partial charge on any atom is -0.445 e. The van der Waals surface area contributed by atoms with Crippen LogP contribution in [0.4, 0.5) is 11.4 Å². The Morgan fingerprint density at radius 1 is 1.41 bits per heavy atom. The third kappa shape index (κ3) is 2.69.